The first-order valence-corrected chi connectivity index (χ1v) is 5.48. The molecular formula is C8H8N2O3S. The van der Waals surface area contributed by atoms with Crippen molar-refractivity contribution >= 4 is 15.8 Å². The van der Waals surface area contributed by atoms with Gasteiger partial charge in [-0.15, -0.1) is 0 Å². The summed E-state index contributed by atoms with van der Waals surface area (Å²) in [6.45, 7) is 0. The fraction of sp³-hybridized carbons (Fsp3) is 0.125. The Balaban J connectivity index is 3.03. The summed E-state index contributed by atoms with van der Waals surface area (Å²) in [4.78, 5) is 0. The van der Waals surface area contributed by atoms with E-state index in [9.17, 15) is 8.42 Å². The lowest BCUT2D eigenvalue weighted by Gasteiger charge is -2.06. The van der Waals surface area contributed by atoms with Crippen LogP contribution in [0, 0.1) is 11.5 Å². The minimum absolute atomic E-state index is 0.108. The van der Waals surface area contributed by atoms with Gasteiger partial charge in [-0.25, -0.2) is 0 Å². The molecule has 0 saturated heterocycles. The van der Waals surface area contributed by atoms with Crippen LogP contribution in [-0.4, -0.2) is 14.7 Å². The summed E-state index contributed by atoms with van der Waals surface area (Å²) in [6.07, 6.45) is 2.63. The number of nitriles is 1. The summed E-state index contributed by atoms with van der Waals surface area (Å²) >= 11 is 0. The van der Waals surface area contributed by atoms with Crippen LogP contribution in [0.5, 0.6) is 5.75 Å². The second-order valence-electron chi connectivity index (χ2n) is 2.52. The van der Waals surface area contributed by atoms with Gasteiger partial charge in [0, 0.05) is 0 Å². The molecule has 6 heteroatoms. The van der Waals surface area contributed by atoms with Crippen LogP contribution >= 0.6 is 0 Å². The van der Waals surface area contributed by atoms with E-state index in [1.165, 1.54) is 6.07 Å². The van der Waals surface area contributed by atoms with Gasteiger partial charge in [0.1, 0.15) is 0 Å². The normalized spacial score (nSPS) is 10.3. The Hall–Kier alpha value is -1.74. The Kier molecular flexibility index (Phi) is 2.94. The van der Waals surface area contributed by atoms with Crippen LogP contribution in [0.15, 0.2) is 24.3 Å². The zero-order chi connectivity index (χ0) is 10.6. The van der Waals surface area contributed by atoms with E-state index in [1.807, 2.05) is 0 Å². The highest BCUT2D eigenvalue weighted by Gasteiger charge is 2.08. The minimum Gasteiger partial charge on any atom is -0.380 e. The molecule has 0 aliphatic carbocycles. The van der Waals surface area contributed by atoms with Gasteiger partial charge in [0.15, 0.2) is 11.9 Å². The third-order valence-electron chi connectivity index (χ3n) is 1.32. The lowest BCUT2D eigenvalue weighted by molar-refractivity contribution is 0.494. The highest BCUT2D eigenvalue weighted by Crippen LogP contribution is 2.24. The average Bonchev–Trinajstić information content (AvgIpc) is 2.06. The molecule has 1 aromatic carbocycles. The molecule has 0 saturated carbocycles. The summed E-state index contributed by atoms with van der Waals surface area (Å²) < 4.78 is 26.3. The maximum atomic E-state index is 10.8. The molecule has 1 rings (SSSR count). The first-order chi connectivity index (χ1) is 6.53. The van der Waals surface area contributed by atoms with Gasteiger partial charge >= 0.3 is 10.1 Å². The molecule has 0 unspecified atom stereocenters. The van der Waals surface area contributed by atoms with Gasteiger partial charge in [0.2, 0.25) is 0 Å². The van der Waals surface area contributed by atoms with Crippen LogP contribution in [-0.2, 0) is 10.1 Å². The van der Waals surface area contributed by atoms with Crippen molar-refractivity contribution in [2.45, 2.75) is 0 Å². The molecule has 0 bridgehead atoms. The van der Waals surface area contributed by atoms with E-state index in [-0.39, 0.29) is 5.75 Å². The van der Waals surface area contributed by atoms with Crippen molar-refractivity contribution in [1.82, 2.24) is 0 Å². The van der Waals surface area contributed by atoms with Gasteiger partial charge in [-0.1, -0.05) is 12.1 Å². The third-order valence-corrected chi connectivity index (χ3v) is 1.80. The molecule has 0 amide bonds. The van der Waals surface area contributed by atoms with Crippen LogP contribution in [0.25, 0.3) is 0 Å². The Morgan fingerprint density at radius 3 is 2.64 bits per heavy atom. The molecule has 1 aromatic rings. The van der Waals surface area contributed by atoms with Crippen molar-refractivity contribution in [3.05, 3.63) is 24.3 Å². The zero-order valence-electron chi connectivity index (χ0n) is 7.39. The van der Waals surface area contributed by atoms with Crippen molar-refractivity contribution in [1.29, 1.82) is 5.26 Å². The molecule has 5 nitrogen and oxygen atoms in total. The molecule has 0 radical (unpaired) electrons. The Morgan fingerprint density at radius 1 is 1.43 bits per heavy atom. The number of nitrogens with zero attached hydrogens (tertiary/aromatic N) is 1. The highest BCUT2D eigenvalue weighted by atomic mass is 32.2. The third kappa shape index (κ3) is 2.95. The fourth-order valence-corrected chi connectivity index (χ4v) is 1.34. The van der Waals surface area contributed by atoms with Crippen molar-refractivity contribution < 1.29 is 12.6 Å². The van der Waals surface area contributed by atoms with Crippen molar-refractivity contribution in [3.63, 3.8) is 0 Å². The van der Waals surface area contributed by atoms with Crippen LogP contribution in [0.4, 0.5) is 5.69 Å². The van der Waals surface area contributed by atoms with E-state index in [2.05, 4.69) is 9.50 Å². The molecule has 1 N–H and O–H groups in total. The van der Waals surface area contributed by atoms with E-state index < -0.39 is 10.1 Å². The smallest absolute Gasteiger partial charge is 0.306 e. The van der Waals surface area contributed by atoms with E-state index in [0.717, 1.165) is 6.26 Å². The monoisotopic (exact) mass is 212 g/mol. The molecule has 0 atom stereocenters. The topological polar surface area (TPSA) is 79.2 Å². The number of hydrogen-bond donors (Lipinski definition) is 1. The fourth-order valence-electron chi connectivity index (χ4n) is 0.866. The molecule has 0 aromatic heterocycles. The van der Waals surface area contributed by atoms with E-state index in [4.69, 9.17) is 5.26 Å². The van der Waals surface area contributed by atoms with Crippen molar-refractivity contribution in [3.8, 4) is 11.9 Å². The Bertz CT molecular complexity index is 462. The van der Waals surface area contributed by atoms with Crippen LogP contribution < -0.4 is 9.50 Å². The largest absolute Gasteiger partial charge is 0.380 e. The summed E-state index contributed by atoms with van der Waals surface area (Å²) in [6, 6.07) is 6.28. The summed E-state index contributed by atoms with van der Waals surface area (Å²) in [5.41, 5.74) is 0.320. The first-order valence-electron chi connectivity index (χ1n) is 3.66. The van der Waals surface area contributed by atoms with E-state index in [1.54, 1.807) is 24.4 Å². The molecule has 14 heavy (non-hydrogen) atoms. The van der Waals surface area contributed by atoms with E-state index >= 15 is 0 Å². The number of benzene rings is 1. The maximum absolute atomic E-state index is 10.8. The lowest BCUT2D eigenvalue weighted by Crippen LogP contribution is -2.07. The SMILES string of the molecule is CS(=O)(=O)Oc1ccccc1NC#N. The van der Waals surface area contributed by atoms with Gasteiger partial charge in [-0.05, 0) is 12.1 Å². The van der Waals surface area contributed by atoms with Gasteiger partial charge in [0.25, 0.3) is 0 Å². The van der Waals surface area contributed by atoms with Crippen molar-refractivity contribution in [2.24, 2.45) is 0 Å². The molecule has 0 heterocycles. The summed E-state index contributed by atoms with van der Waals surface area (Å²) in [5, 5.41) is 10.7. The second-order valence-corrected chi connectivity index (χ2v) is 4.10. The highest BCUT2D eigenvalue weighted by molar-refractivity contribution is 7.86. The number of para-hydroxylation sites is 2. The first kappa shape index (κ1) is 10.3. The number of anilines is 1. The lowest BCUT2D eigenvalue weighted by atomic mass is 10.3. The standard InChI is InChI=1S/C8H8N2O3S/c1-14(11,12)13-8-5-3-2-4-7(8)10-6-9/h2-5,10H,1H3. The number of rotatable bonds is 3. The van der Waals surface area contributed by atoms with E-state index in [0.29, 0.717) is 5.69 Å². The summed E-state index contributed by atoms with van der Waals surface area (Å²) in [7, 11) is -3.57. The second kappa shape index (κ2) is 3.98. The molecule has 74 valence electrons. The maximum Gasteiger partial charge on any atom is 0.306 e. The zero-order valence-corrected chi connectivity index (χ0v) is 8.21. The van der Waals surface area contributed by atoms with Gasteiger partial charge in [-0.3, -0.25) is 5.32 Å². The van der Waals surface area contributed by atoms with Crippen molar-refractivity contribution in [2.75, 3.05) is 11.6 Å². The predicted octanol–water partition coefficient (Wildman–Crippen LogP) is 0.918. The molecule has 0 spiro atoms. The number of nitrogens with one attached hydrogen (secondary N) is 1. The quantitative estimate of drug-likeness (QED) is 0.458. The Morgan fingerprint density at radius 2 is 2.07 bits per heavy atom. The molecular weight excluding hydrogens is 204 g/mol. The predicted molar refractivity (Wildman–Crippen MR) is 51.1 cm³/mol. The molecule has 0 aliphatic heterocycles. The summed E-state index contributed by atoms with van der Waals surface area (Å²) in [5.74, 6) is 0.108. The average molecular weight is 212 g/mol. The van der Waals surface area contributed by atoms with Gasteiger partial charge in [0.05, 0.1) is 11.9 Å². The van der Waals surface area contributed by atoms with Gasteiger partial charge < -0.3 is 4.18 Å². The molecule has 0 aliphatic rings. The van der Waals surface area contributed by atoms with Crippen LogP contribution in [0.1, 0.15) is 0 Å². The number of hydrogen-bond acceptors (Lipinski definition) is 5. The Labute approximate surface area is 82.1 Å². The molecule has 0 fully saturated rings. The van der Waals surface area contributed by atoms with Crippen LogP contribution in [0.3, 0.4) is 0 Å². The van der Waals surface area contributed by atoms with Gasteiger partial charge in [-0.2, -0.15) is 13.7 Å². The minimum atomic E-state index is -3.57. The van der Waals surface area contributed by atoms with Crippen LogP contribution in [0.2, 0.25) is 0 Å².